The molecule has 1 aromatic heterocycles. The zero-order valence-corrected chi connectivity index (χ0v) is 17.8. The summed E-state index contributed by atoms with van der Waals surface area (Å²) in [5, 5.41) is 0.621. The number of para-hydroxylation sites is 1. The minimum absolute atomic E-state index is 0.0327. The van der Waals surface area contributed by atoms with Gasteiger partial charge in [0.15, 0.2) is 0 Å². The molecule has 0 saturated heterocycles. The molecule has 0 spiro atoms. The Morgan fingerprint density at radius 1 is 1.25 bits per heavy atom. The average molecular weight is 388 g/mol. The maximum Gasteiger partial charge on any atom is 0.261 e. The van der Waals surface area contributed by atoms with Gasteiger partial charge in [0.1, 0.15) is 5.82 Å². The van der Waals surface area contributed by atoms with Crippen molar-refractivity contribution in [1.29, 1.82) is 0 Å². The standard InChI is InChI=1S/C22H33N3O3/c1-6-13-25-20(23-18-12-9-8-11-17(18)22(25)27)19(7-2)24(14-10-15-28-5)21(26)16(3)4/h8-9,11-12,16,19H,6-7,10,13-15H2,1-5H3. The second-order valence-electron chi connectivity index (χ2n) is 7.40. The number of hydrogen-bond donors (Lipinski definition) is 0. The molecule has 2 rings (SSSR count). The molecule has 0 aliphatic carbocycles. The highest BCUT2D eigenvalue weighted by Crippen LogP contribution is 2.26. The zero-order chi connectivity index (χ0) is 20.7. The van der Waals surface area contributed by atoms with Gasteiger partial charge in [-0.2, -0.15) is 0 Å². The van der Waals surface area contributed by atoms with Gasteiger partial charge in [-0.05, 0) is 31.4 Å². The number of benzene rings is 1. The van der Waals surface area contributed by atoms with Crippen molar-refractivity contribution in [1.82, 2.24) is 14.5 Å². The Labute approximate surface area is 167 Å². The van der Waals surface area contributed by atoms with Crippen LogP contribution < -0.4 is 5.56 Å². The monoisotopic (exact) mass is 387 g/mol. The number of ether oxygens (including phenoxy) is 1. The number of methoxy groups -OCH3 is 1. The maximum absolute atomic E-state index is 13.1. The van der Waals surface area contributed by atoms with Crippen LogP contribution in [-0.2, 0) is 16.1 Å². The van der Waals surface area contributed by atoms with Gasteiger partial charge in [0.25, 0.3) is 5.56 Å². The van der Waals surface area contributed by atoms with E-state index in [0.29, 0.717) is 42.8 Å². The molecule has 0 bridgehead atoms. The molecule has 0 fully saturated rings. The van der Waals surface area contributed by atoms with Gasteiger partial charge in [-0.1, -0.05) is 39.8 Å². The van der Waals surface area contributed by atoms with Crippen LogP contribution in [0.25, 0.3) is 10.9 Å². The molecular weight excluding hydrogens is 354 g/mol. The van der Waals surface area contributed by atoms with Gasteiger partial charge in [0.2, 0.25) is 5.91 Å². The van der Waals surface area contributed by atoms with Crippen molar-refractivity contribution in [2.75, 3.05) is 20.3 Å². The van der Waals surface area contributed by atoms with Crippen LogP contribution in [0.2, 0.25) is 0 Å². The number of carbonyl (C=O) groups is 1. The lowest BCUT2D eigenvalue weighted by Crippen LogP contribution is -2.41. The van der Waals surface area contributed by atoms with Gasteiger partial charge in [0, 0.05) is 32.7 Å². The van der Waals surface area contributed by atoms with Gasteiger partial charge in [0.05, 0.1) is 16.9 Å². The predicted octanol–water partition coefficient (Wildman–Crippen LogP) is 3.78. The van der Waals surface area contributed by atoms with Crippen molar-refractivity contribution >= 4 is 16.8 Å². The van der Waals surface area contributed by atoms with E-state index in [-0.39, 0.29) is 23.4 Å². The molecule has 1 heterocycles. The Morgan fingerprint density at radius 3 is 2.57 bits per heavy atom. The van der Waals surface area contributed by atoms with Gasteiger partial charge in [-0.3, -0.25) is 14.2 Å². The van der Waals surface area contributed by atoms with Crippen molar-refractivity contribution < 1.29 is 9.53 Å². The van der Waals surface area contributed by atoms with Crippen LogP contribution in [0.3, 0.4) is 0 Å². The lowest BCUT2D eigenvalue weighted by molar-refractivity contribution is -0.137. The highest BCUT2D eigenvalue weighted by Gasteiger charge is 2.29. The summed E-state index contributed by atoms with van der Waals surface area (Å²) in [4.78, 5) is 32.9. The Balaban J connectivity index is 2.60. The summed E-state index contributed by atoms with van der Waals surface area (Å²) in [6.45, 7) is 9.66. The summed E-state index contributed by atoms with van der Waals surface area (Å²) < 4.78 is 6.94. The summed E-state index contributed by atoms with van der Waals surface area (Å²) in [6, 6.07) is 7.19. The van der Waals surface area contributed by atoms with Crippen molar-refractivity contribution in [3.05, 3.63) is 40.4 Å². The van der Waals surface area contributed by atoms with Crippen molar-refractivity contribution in [2.45, 2.75) is 59.5 Å². The molecule has 6 nitrogen and oxygen atoms in total. The van der Waals surface area contributed by atoms with E-state index in [1.807, 2.05) is 56.9 Å². The number of hydrogen-bond acceptors (Lipinski definition) is 4. The molecule has 0 N–H and O–H groups in total. The molecule has 6 heteroatoms. The van der Waals surface area contributed by atoms with E-state index >= 15 is 0 Å². The molecule has 1 amide bonds. The van der Waals surface area contributed by atoms with E-state index in [9.17, 15) is 9.59 Å². The highest BCUT2D eigenvalue weighted by atomic mass is 16.5. The fourth-order valence-corrected chi connectivity index (χ4v) is 3.55. The summed E-state index contributed by atoms with van der Waals surface area (Å²) in [6.07, 6.45) is 2.27. The van der Waals surface area contributed by atoms with Crippen LogP contribution in [0.1, 0.15) is 58.8 Å². The van der Waals surface area contributed by atoms with Crippen LogP contribution in [0.15, 0.2) is 29.1 Å². The molecule has 1 aromatic carbocycles. The Hall–Kier alpha value is -2.21. The summed E-state index contributed by atoms with van der Waals surface area (Å²) >= 11 is 0. The van der Waals surface area contributed by atoms with Gasteiger partial charge in [-0.15, -0.1) is 0 Å². The first kappa shape index (κ1) is 22.1. The third-order valence-electron chi connectivity index (χ3n) is 4.92. The SMILES string of the molecule is CCCn1c(C(CC)N(CCCOC)C(=O)C(C)C)nc2ccccc2c1=O. The summed E-state index contributed by atoms with van der Waals surface area (Å²) in [5.41, 5.74) is 0.650. The first-order chi connectivity index (χ1) is 13.5. The smallest absolute Gasteiger partial charge is 0.261 e. The first-order valence-electron chi connectivity index (χ1n) is 10.2. The van der Waals surface area contributed by atoms with E-state index in [4.69, 9.17) is 9.72 Å². The normalized spacial score (nSPS) is 12.5. The molecule has 0 radical (unpaired) electrons. The van der Waals surface area contributed by atoms with Crippen LogP contribution in [-0.4, -0.2) is 40.6 Å². The molecule has 154 valence electrons. The average Bonchev–Trinajstić information content (AvgIpc) is 2.69. The van der Waals surface area contributed by atoms with E-state index in [0.717, 1.165) is 12.8 Å². The maximum atomic E-state index is 13.1. The van der Waals surface area contributed by atoms with E-state index in [1.54, 1.807) is 11.7 Å². The molecule has 0 aliphatic heterocycles. The van der Waals surface area contributed by atoms with E-state index < -0.39 is 0 Å². The Morgan fingerprint density at radius 2 is 1.96 bits per heavy atom. The molecule has 1 unspecified atom stereocenters. The predicted molar refractivity (Wildman–Crippen MR) is 112 cm³/mol. The first-order valence-corrected chi connectivity index (χ1v) is 10.2. The zero-order valence-electron chi connectivity index (χ0n) is 17.8. The number of carbonyl (C=O) groups excluding carboxylic acids is 1. The minimum Gasteiger partial charge on any atom is -0.385 e. The fraction of sp³-hybridized carbons (Fsp3) is 0.591. The third-order valence-corrected chi connectivity index (χ3v) is 4.92. The Kier molecular flexibility index (Phi) is 8.18. The minimum atomic E-state index is -0.240. The second-order valence-corrected chi connectivity index (χ2v) is 7.40. The van der Waals surface area contributed by atoms with E-state index in [1.165, 1.54) is 0 Å². The van der Waals surface area contributed by atoms with Crippen molar-refractivity contribution in [2.24, 2.45) is 5.92 Å². The van der Waals surface area contributed by atoms with Gasteiger partial charge >= 0.3 is 0 Å². The lowest BCUT2D eigenvalue weighted by Gasteiger charge is -2.33. The summed E-state index contributed by atoms with van der Waals surface area (Å²) in [5.74, 6) is 0.635. The van der Waals surface area contributed by atoms with Crippen LogP contribution in [0, 0.1) is 5.92 Å². The van der Waals surface area contributed by atoms with Gasteiger partial charge in [-0.25, -0.2) is 4.98 Å². The number of aromatic nitrogens is 2. The number of amides is 1. The quantitative estimate of drug-likeness (QED) is 0.582. The third kappa shape index (κ3) is 4.79. The largest absolute Gasteiger partial charge is 0.385 e. The Bertz CT molecular complexity index is 845. The van der Waals surface area contributed by atoms with Crippen molar-refractivity contribution in [3.63, 3.8) is 0 Å². The molecular formula is C22H33N3O3. The molecule has 0 aliphatic rings. The van der Waals surface area contributed by atoms with Crippen molar-refractivity contribution in [3.8, 4) is 0 Å². The summed E-state index contributed by atoms with van der Waals surface area (Å²) in [7, 11) is 1.66. The fourth-order valence-electron chi connectivity index (χ4n) is 3.55. The molecule has 1 atom stereocenters. The number of nitrogens with zero attached hydrogens (tertiary/aromatic N) is 3. The van der Waals surface area contributed by atoms with Gasteiger partial charge < -0.3 is 9.64 Å². The highest BCUT2D eigenvalue weighted by molar-refractivity contribution is 5.79. The van der Waals surface area contributed by atoms with Crippen LogP contribution >= 0.6 is 0 Å². The lowest BCUT2D eigenvalue weighted by atomic mass is 10.1. The number of fused-ring (bicyclic) bond motifs is 1. The molecule has 2 aromatic rings. The second kappa shape index (κ2) is 10.4. The molecule has 28 heavy (non-hydrogen) atoms. The topological polar surface area (TPSA) is 64.4 Å². The number of rotatable bonds is 10. The van der Waals surface area contributed by atoms with Crippen LogP contribution in [0.5, 0.6) is 0 Å². The van der Waals surface area contributed by atoms with E-state index in [2.05, 4.69) is 0 Å². The van der Waals surface area contributed by atoms with Crippen LogP contribution in [0.4, 0.5) is 0 Å². The molecule has 0 saturated carbocycles.